The quantitative estimate of drug-likeness (QED) is 0.458. The van der Waals surface area contributed by atoms with Crippen LogP contribution in [0.15, 0.2) is 48.7 Å². The molecular formula is C17H12Cl4N4S. The van der Waals surface area contributed by atoms with Gasteiger partial charge in [0.25, 0.3) is 0 Å². The third-order valence-corrected chi connectivity index (χ3v) is 4.82. The normalized spacial score (nSPS) is 10.6. The lowest BCUT2D eigenvalue weighted by molar-refractivity contribution is 0.690. The van der Waals surface area contributed by atoms with E-state index in [1.165, 1.54) is 0 Å². The molecule has 0 unspecified atom stereocenters. The summed E-state index contributed by atoms with van der Waals surface area (Å²) in [6.07, 6.45) is 1.70. The van der Waals surface area contributed by atoms with E-state index in [1.54, 1.807) is 29.1 Å². The molecule has 3 aromatic rings. The van der Waals surface area contributed by atoms with Crippen molar-refractivity contribution in [2.45, 2.75) is 6.54 Å². The number of anilines is 2. The molecule has 0 aliphatic heterocycles. The van der Waals surface area contributed by atoms with Gasteiger partial charge in [0, 0.05) is 16.2 Å². The minimum atomic E-state index is 0.305. The lowest BCUT2D eigenvalue weighted by Gasteiger charge is -2.10. The molecule has 4 nitrogen and oxygen atoms in total. The van der Waals surface area contributed by atoms with Gasteiger partial charge in [0.2, 0.25) is 0 Å². The Labute approximate surface area is 176 Å². The highest BCUT2D eigenvalue weighted by atomic mass is 35.5. The van der Waals surface area contributed by atoms with Crippen LogP contribution in [0.4, 0.5) is 11.5 Å². The van der Waals surface area contributed by atoms with Crippen molar-refractivity contribution in [1.29, 1.82) is 0 Å². The molecule has 0 aliphatic rings. The molecule has 0 aliphatic carbocycles. The summed E-state index contributed by atoms with van der Waals surface area (Å²) >= 11 is 29.7. The third kappa shape index (κ3) is 4.81. The first kappa shape index (κ1) is 19.3. The number of aromatic nitrogens is 2. The third-order valence-electron chi connectivity index (χ3n) is 3.42. The van der Waals surface area contributed by atoms with Gasteiger partial charge in [0.15, 0.2) is 10.9 Å². The van der Waals surface area contributed by atoms with Crippen molar-refractivity contribution in [2.24, 2.45) is 0 Å². The second kappa shape index (κ2) is 8.46. The maximum atomic E-state index is 6.24. The van der Waals surface area contributed by atoms with E-state index in [9.17, 15) is 0 Å². The molecule has 0 atom stereocenters. The van der Waals surface area contributed by atoms with Crippen molar-refractivity contribution < 1.29 is 0 Å². The Balaban J connectivity index is 1.69. The molecule has 0 saturated carbocycles. The molecule has 0 saturated heterocycles. The van der Waals surface area contributed by atoms with E-state index in [1.807, 2.05) is 24.3 Å². The van der Waals surface area contributed by atoms with E-state index in [-0.39, 0.29) is 0 Å². The highest BCUT2D eigenvalue weighted by Crippen LogP contribution is 2.26. The fourth-order valence-electron chi connectivity index (χ4n) is 2.22. The predicted octanol–water partition coefficient (Wildman–Crippen LogP) is 6.35. The maximum absolute atomic E-state index is 6.24. The largest absolute Gasteiger partial charge is 0.331 e. The highest BCUT2D eigenvalue weighted by Gasteiger charge is 2.11. The van der Waals surface area contributed by atoms with Crippen molar-refractivity contribution in [3.63, 3.8) is 0 Å². The number of thiocarbonyl (C=S) groups is 1. The van der Waals surface area contributed by atoms with Gasteiger partial charge < -0.3 is 10.6 Å². The number of rotatable bonds is 4. The van der Waals surface area contributed by atoms with Gasteiger partial charge in [-0.25, -0.2) is 0 Å². The Bertz CT molecular complexity index is 958. The monoisotopic (exact) mass is 444 g/mol. The highest BCUT2D eigenvalue weighted by molar-refractivity contribution is 7.80. The Morgan fingerprint density at radius 3 is 2.46 bits per heavy atom. The van der Waals surface area contributed by atoms with Crippen LogP contribution in [0.2, 0.25) is 20.1 Å². The number of nitrogens with zero attached hydrogens (tertiary/aromatic N) is 2. The van der Waals surface area contributed by atoms with E-state index in [4.69, 9.17) is 58.6 Å². The number of nitrogens with one attached hydrogen (secondary N) is 2. The smallest absolute Gasteiger partial charge is 0.176 e. The van der Waals surface area contributed by atoms with E-state index < -0.39 is 0 Å². The minimum absolute atomic E-state index is 0.305. The zero-order chi connectivity index (χ0) is 18.7. The summed E-state index contributed by atoms with van der Waals surface area (Å²) in [5.74, 6) is 0.432. The van der Waals surface area contributed by atoms with Crippen LogP contribution in [0.25, 0.3) is 0 Å². The van der Waals surface area contributed by atoms with Gasteiger partial charge in [0.1, 0.15) is 5.02 Å². The van der Waals surface area contributed by atoms with Crippen LogP contribution >= 0.6 is 58.6 Å². The molecule has 26 heavy (non-hydrogen) atoms. The van der Waals surface area contributed by atoms with Gasteiger partial charge in [0.05, 0.1) is 17.3 Å². The number of halogens is 4. The number of hydrogen-bond acceptors (Lipinski definition) is 2. The van der Waals surface area contributed by atoms with Crippen LogP contribution in [0.3, 0.4) is 0 Å². The fraction of sp³-hybridized carbons (Fsp3) is 0.0588. The van der Waals surface area contributed by atoms with Crippen LogP contribution in [0.5, 0.6) is 0 Å². The zero-order valence-corrected chi connectivity index (χ0v) is 17.0. The Kier molecular flexibility index (Phi) is 6.27. The van der Waals surface area contributed by atoms with E-state index >= 15 is 0 Å². The first-order chi connectivity index (χ1) is 12.4. The molecule has 3 rings (SSSR count). The van der Waals surface area contributed by atoms with Crippen LogP contribution in [-0.4, -0.2) is 14.9 Å². The molecule has 0 fully saturated rings. The lowest BCUT2D eigenvalue weighted by Crippen LogP contribution is -2.20. The molecule has 9 heteroatoms. The van der Waals surface area contributed by atoms with Crippen LogP contribution in [0.1, 0.15) is 5.56 Å². The van der Waals surface area contributed by atoms with E-state index in [0.29, 0.717) is 43.3 Å². The molecule has 0 bridgehead atoms. The van der Waals surface area contributed by atoms with Gasteiger partial charge >= 0.3 is 0 Å². The van der Waals surface area contributed by atoms with Gasteiger partial charge in [-0.1, -0.05) is 64.6 Å². The topological polar surface area (TPSA) is 41.9 Å². The van der Waals surface area contributed by atoms with Gasteiger partial charge in [-0.15, -0.1) is 0 Å². The summed E-state index contributed by atoms with van der Waals surface area (Å²) in [4.78, 5) is 0. The predicted molar refractivity (Wildman–Crippen MR) is 114 cm³/mol. The Morgan fingerprint density at radius 1 is 0.962 bits per heavy atom. The summed E-state index contributed by atoms with van der Waals surface area (Å²) in [5, 5.41) is 12.7. The Hall–Kier alpha value is -1.50. The molecule has 2 aromatic carbocycles. The SMILES string of the molecule is S=C(Nc1ccc(Cl)cc1Cl)Nc1nn(Cc2ccccc2Cl)cc1Cl. The second-order valence-electron chi connectivity index (χ2n) is 5.32. The first-order valence-electron chi connectivity index (χ1n) is 7.42. The lowest BCUT2D eigenvalue weighted by atomic mass is 10.2. The average molecular weight is 446 g/mol. The molecule has 0 radical (unpaired) electrons. The molecule has 0 amide bonds. The van der Waals surface area contributed by atoms with Gasteiger partial charge in [-0.05, 0) is 42.0 Å². The zero-order valence-electron chi connectivity index (χ0n) is 13.1. The van der Waals surface area contributed by atoms with E-state index in [0.717, 1.165) is 5.56 Å². The van der Waals surface area contributed by atoms with Crippen LogP contribution in [0, 0.1) is 0 Å². The summed E-state index contributed by atoms with van der Waals surface area (Å²) in [6, 6.07) is 12.6. The van der Waals surface area contributed by atoms with Crippen LogP contribution in [-0.2, 0) is 6.54 Å². The second-order valence-corrected chi connectivity index (χ2v) is 7.38. The van der Waals surface area contributed by atoms with Gasteiger partial charge in [-0.2, -0.15) is 5.10 Å². The van der Waals surface area contributed by atoms with Crippen LogP contribution < -0.4 is 10.6 Å². The van der Waals surface area contributed by atoms with E-state index in [2.05, 4.69) is 15.7 Å². The van der Waals surface area contributed by atoms with Crippen molar-refractivity contribution in [3.05, 3.63) is 74.3 Å². The molecule has 0 spiro atoms. The molecule has 2 N–H and O–H groups in total. The summed E-state index contributed by atoms with van der Waals surface area (Å²) < 4.78 is 1.68. The van der Waals surface area contributed by atoms with Crippen molar-refractivity contribution in [1.82, 2.24) is 9.78 Å². The first-order valence-corrected chi connectivity index (χ1v) is 9.34. The summed E-state index contributed by atoms with van der Waals surface area (Å²) in [5.41, 5.74) is 1.56. The van der Waals surface area contributed by atoms with Crippen molar-refractivity contribution in [2.75, 3.05) is 10.6 Å². The minimum Gasteiger partial charge on any atom is -0.331 e. The van der Waals surface area contributed by atoms with Gasteiger partial charge in [-0.3, -0.25) is 4.68 Å². The fourth-order valence-corrected chi connectivity index (χ4v) is 3.27. The molecule has 1 heterocycles. The van der Waals surface area contributed by atoms with Crippen molar-refractivity contribution in [3.8, 4) is 0 Å². The average Bonchev–Trinajstić information content (AvgIpc) is 2.92. The molecule has 1 aromatic heterocycles. The maximum Gasteiger partial charge on any atom is 0.176 e. The Morgan fingerprint density at radius 2 is 1.73 bits per heavy atom. The number of benzene rings is 2. The summed E-state index contributed by atoms with van der Waals surface area (Å²) in [6.45, 7) is 0.490. The molecule has 134 valence electrons. The number of hydrogen-bond donors (Lipinski definition) is 2. The standard InChI is InChI=1S/C17H12Cl4N4S/c18-11-5-6-15(13(20)7-11)22-17(26)23-16-14(21)9-25(24-16)8-10-3-1-2-4-12(10)19/h1-7,9H,8H2,(H2,22,23,24,26). The molecular weight excluding hydrogens is 434 g/mol. The summed E-state index contributed by atoms with van der Waals surface area (Å²) in [7, 11) is 0. The van der Waals surface area contributed by atoms with Crippen molar-refractivity contribution >= 4 is 75.2 Å².